The average molecular weight is 276 g/mol. The van der Waals surface area contributed by atoms with E-state index in [0.29, 0.717) is 5.82 Å². The highest BCUT2D eigenvalue weighted by atomic mass is 15.1. The molecule has 102 valence electrons. The predicted octanol–water partition coefficient (Wildman–Crippen LogP) is 2.16. The van der Waals surface area contributed by atoms with Crippen molar-refractivity contribution in [2.24, 2.45) is 7.05 Å². The Bertz CT molecular complexity index is 972. The molecule has 1 aromatic carbocycles. The summed E-state index contributed by atoms with van der Waals surface area (Å²) in [6.45, 7) is 0. The fourth-order valence-electron chi connectivity index (χ4n) is 2.43. The summed E-state index contributed by atoms with van der Waals surface area (Å²) in [5, 5.41) is 0.844. The summed E-state index contributed by atoms with van der Waals surface area (Å²) < 4.78 is 1.89. The van der Waals surface area contributed by atoms with E-state index >= 15 is 0 Å². The number of nitrogens with two attached hydrogens (primary N) is 1. The van der Waals surface area contributed by atoms with Gasteiger partial charge < -0.3 is 10.3 Å². The predicted molar refractivity (Wildman–Crippen MR) is 81.5 cm³/mol. The summed E-state index contributed by atoms with van der Waals surface area (Å²) in [5.41, 5.74) is 10.5. The number of benzene rings is 1. The first-order valence-electron chi connectivity index (χ1n) is 6.50. The van der Waals surface area contributed by atoms with E-state index in [1.807, 2.05) is 42.1 Å². The van der Waals surface area contributed by atoms with Gasteiger partial charge in [-0.15, -0.1) is 0 Å². The van der Waals surface area contributed by atoms with Gasteiger partial charge in [0.1, 0.15) is 17.7 Å². The van der Waals surface area contributed by atoms with E-state index in [-0.39, 0.29) is 0 Å². The Morgan fingerprint density at radius 2 is 1.86 bits per heavy atom. The first kappa shape index (κ1) is 11.8. The summed E-state index contributed by atoms with van der Waals surface area (Å²) in [4.78, 5) is 17.0. The van der Waals surface area contributed by atoms with E-state index in [9.17, 15) is 0 Å². The molecule has 0 saturated carbocycles. The molecule has 0 amide bonds. The second-order valence-corrected chi connectivity index (χ2v) is 4.91. The zero-order valence-electron chi connectivity index (χ0n) is 11.4. The van der Waals surface area contributed by atoms with Crippen molar-refractivity contribution in [1.29, 1.82) is 0 Å². The number of pyridine rings is 1. The number of nitrogen functional groups attached to an aromatic ring is 1. The zero-order valence-corrected chi connectivity index (χ0v) is 11.4. The van der Waals surface area contributed by atoms with Crippen LogP contribution in [-0.2, 0) is 7.05 Å². The van der Waals surface area contributed by atoms with Crippen LogP contribution in [0.3, 0.4) is 0 Å². The maximum atomic E-state index is 5.91. The minimum atomic E-state index is 0.480. The molecule has 3 aromatic heterocycles. The summed E-state index contributed by atoms with van der Waals surface area (Å²) >= 11 is 0. The van der Waals surface area contributed by atoms with Gasteiger partial charge in [-0.25, -0.2) is 19.9 Å². The highest BCUT2D eigenvalue weighted by Gasteiger charge is 2.07. The lowest BCUT2D eigenvalue weighted by Gasteiger charge is -2.05. The lowest BCUT2D eigenvalue weighted by Crippen LogP contribution is -1.93. The highest BCUT2D eigenvalue weighted by Crippen LogP contribution is 2.26. The van der Waals surface area contributed by atoms with Crippen molar-refractivity contribution in [3.05, 3.63) is 43.1 Å². The minimum Gasteiger partial charge on any atom is -0.383 e. The van der Waals surface area contributed by atoms with Crippen LogP contribution in [0.15, 0.2) is 43.1 Å². The fraction of sp³-hybridized carbons (Fsp3) is 0.0667. The summed E-state index contributed by atoms with van der Waals surface area (Å²) in [7, 11) is 1.93. The molecule has 0 bridgehead atoms. The molecule has 3 heterocycles. The maximum absolute atomic E-state index is 5.91. The number of imidazole rings is 1. The third-order valence-corrected chi connectivity index (χ3v) is 3.55. The monoisotopic (exact) mass is 276 g/mol. The van der Waals surface area contributed by atoms with E-state index in [1.165, 1.54) is 6.33 Å². The van der Waals surface area contributed by atoms with Crippen molar-refractivity contribution in [2.45, 2.75) is 0 Å². The van der Waals surface area contributed by atoms with Gasteiger partial charge in [0.25, 0.3) is 0 Å². The van der Waals surface area contributed by atoms with Crippen LogP contribution in [0.2, 0.25) is 0 Å². The second-order valence-electron chi connectivity index (χ2n) is 4.91. The smallest absolute Gasteiger partial charge is 0.159 e. The summed E-state index contributed by atoms with van der Waals surface area (Å²) in [5.74, 6) is 0.480. The zero-order chi connectivity index (χ0) is 14.4. The molecule has 6 nitrogen and oxygen atoms in total. The molecule has 0 spiro atoms. The Labute approximate surface area is 120 Å². The van der Waals surface area contributed by atoms with Crippen LogP contribution in [0.1, 0.15) is 0 Å². The molecule has 0 unspecified atom stereocenters. The fourth-order valence-corrected chi connectivity index (χ4v) is 2.43. The topological polar surface area (TPSA) is 82.5 Å². The lowest BCUT2D eigenvalue weighted by molar-refractivity contribution is 0.931. The number of hydrogen-bond acceptors (Lipinski definition) is 5. The first-order valence-corrected chi connectivity index (χ1v) is 6.50. The molecule has 21 heavy (non-hydrogen) atoms. The number of nitrogens with zero attached hydrogens (tertiary/aromatic N) is 5. The molecule has 0 fully saturated rings. The molecule has 2 N–H and O–H groups in total. The Kier molecular flexibility index (Phi) is 2.38. The van der Waals surface area contributed by atoms with Crippen LogP contribution in [0.5, 0.6) is 0 Å². The first-order chi connectivity index (χ1) is 10.2. The van der Waals surface area contributed by atoms with Crippen LogP contribution in [0.25, 0.3) is 33.2 Å². The van der Waals surface area contributed by atoms with Gasteiger partial charge >= 0.3 is 0 Å². The number of anilines is 1. The molecule has 0 radical (unpaired) electrons. The quantitative estimate of drug-likeness (QED) is 0.576. The Balaban J connectivity index is 1.93. The van der Waals surface area contributed by atoms with Crippen molar-refractivity contribution >= 4 is 27.9 Å². The molecule has 0 atom stereocenters. The third-order valence-electron chi connectivity index (χ3n) is 3.55. The second kappa shape index (κ2) is 4.24. The lowest BCUT2D eigenvalue weighted by atomic mass is 10.1. The van der Waals surface area contributed by atoms with E-state index in [1.54, 1.807) is 6.33 Å². The minimum absolute atomic E-state index is 0.480. The number of hydrogen-bond donors (Lipinski definition) is 1. The standard InChI is InChI=1S/C15H12N6/c1-21-8-20-13-5-10(6-17-15(13)21)9-2-3-12-11(4-9)14(16)19-7-18-12/h2-8H,1H3,(H2,16,18,19). The van der Waals surface area contributed by atoms with Crippen LogP contribution >= 0.6 is 0 Å². The number of fused-ring (bicyclic) bond motifs is 2. The van der Waals surface area contributed by atoms with Gasteiger partial charge in [0.05, 0.1) is 11.8 Å². The molecule has 0 aliphatic rings. The maximum Gasteiger partial charge on any atom is 0.159 e. The van der Waals surface area contributed by atoms with Crippen LogP contribution in [0, 0.1) is 0 Å². The van der Waals surface area contributed by atoms with Gasteiger partial charge in [-0.2, -0.15) is 0 Å². The van der Waals surface area contributed by atoms with E-state index in [4.69, 9.17) is 5.73 Å². The normalized spacial score (nSPS) is 11.3. The molecule has 6 heteroatoms. The van der Waals surface area contributed by atoms with Gasteiger partial charge in [-0.1, -0.05) is 6.07 Å². The Morgan fingerprint density at radius 3 is 2.76 bits per heavy atom. The van der Waals surface area contributed by atoms with Gasteiger partial charge in [0.2, 0.25) is 0 Å². The molecule has 4 aromatic rings. The van der Waals surface area contributed by atoms with E-state index < -0.39 is 0 Å². The molecule has 0 aliphatic carbocycles. The number of rotatable bonds is 1. The van der Waals surface area contributed by atoms with E-state index in [0.717, 1.165) is 33.2 Å². The van der Waals surface area contributed by atoms with Gasteiger partial charge in [-0.3, -0.25) is 0 Å². The van der Waals surface area contributed by atoms with Crippen LogP contribution in [0.4, 0.5) is 5.82 Å². The van der Waals surface area contributed by atoms with Crippen molar-refractivity contribution < 1.29 is 0 Å². The molecule has 0 aliphatic heterocycles. The van der Waals surface area contributed by atoms with Gasteiger partial charge in [0, 0.05) is 24.2 Å². The number of aryl methyl sites for hydroxylation is 1. The average Bonchev–Trinajstić information content (AvgIpc) is 2.88. The summed E-state index contributed by atoms with van der Waals surface area (Å²) in [6.07, 6.45) is 5.07. The van der Waals surface area contributed by atoms with Crippen LogP contribution < -0.4 is 5.73 Å². The molecule has 4 rings (SSSR count). The van der Waals surface area contributed by atoms with Crippen molar-refractivity contribution in [3.8, 4) is 11.1 Å². The summed E-state index contributed by atoms with van der Waals surface area (Å²) in [6, 6.07) is 7.94. The Morgan fingerprint density at radius 1 is 0.952 bits per heavy atom. The van der Waals surface area contributed by atoms with Gasteiger partial charge in [0.15, 0.2) is 5.65 Å². The largest absolute Gasteiger partial charge is 0.383 e. The van der Waals surface area contributed by atoms with Gasteiger partial charge in [-0.05, 0) is 23.8 Å². The third kappa shape index (κ3) is 1.80. The highest BCUT2D eigenvalue weighted by molar-refractivity contribution is 5.92. The molecular weight excluding hydrogens is 264 g/mol. The van der Waals surface area contributed by atoms with Crippen molar-refractivity contribution in [1.82, 2.24) is 24.5 Å². The van der Waals surface area contributed by atoms with Crippen molar-refractivity contribution in [2.75, 3.05) is 5.73 Å². The molecule has 0 saturated heterocycles. The number of aromatic nitrogens is 5. The SMILES string of the molecule is Cn1cnc2cc(-c3ccc4ncnc(N)c4c3)cnc21. The molecular formula is C15H12N6. The van der Waals surface area contributed by atoms with Crippen molar-refractivity contribution in [3.63, 3.8) is 0 Å². The van der Waals surface area contributed by atoms with E-state index in [2.05, 4.69) is 19.9 Å². The Hall–Kier alpha value is -3.02. The van der Waals surface area contributed by atoms with Crippen LogP contribution in [-0.4, -0.2) is 24.5 Å².